The van der Waals surface area contributed by atoms with Crippen molar-refractivity contribution in [2.45, 2.75) is 25.8 Å². The van der Waals surface area contributed by atoms with Gasteiger partial charge in [0.15, 0.2) is 0 Å². The second-order valence-electron chi connectivity index (χ2n) is 3.36. The molecule has 2 rings (SSSR count). The van der Waals surface area contributed by atoms with Crippen molar-refractivity contribution >= 4 is 5.82 Å². The van der Waals surface area contributed by atoms with Crippen LogP contribution in [0.25, 0.3) is 0 Å². The van der Waals surface area contributed by atoms with Gasteiger partial charge < -0.3 is 5.32 Å². The minimum atomic E-state index is 0.611. The Kier molecular flexibility index (Phi) is 1.90. The molecule has 3 heteroatoms. The minimum Gasteiger partial charge on any atom is -0.367 e. The molecule has 1 aromatic heterocycles. The van der Waals surface area contributed by atoms with Crippen LogP contribution in [0.2, 0.25) is 0 Å². The molecule has 0 aliphatic heterocycles. The summed E-state index contributed by atoms with van der Waals surface area (Å²) in [4.78, 5) is 4.29. The monoisotopic (exact) mass is 173 g/mol. The topological polar surface area (TPSA) is 48.7 Å². The average molecular weight is 173 g/mol. The van der Waals surface area contributed by atoms with E-state index in [2.05, 4.69) is 16.4 Å². The fourth-order valence-electron chi connectivity index (χ4n) is 1.20. The molecule has 1 fully saturated rings. The molecule has 1 N–H and O–H groups in total. The van der Waals surface area contributed by atoms with Crippen molar-refractivity contribution in [3.8, 4) is 6.07 Å². The van der Waals surface area contributed by atoms with Crippen molar-refractivity contribution in [3.05, 3.63) is 23.4 Å². The number of anilines is 1. The molecular formula is C10H11N3. The molecule has 1 heterocycles. The van der Waals surface area contributed by atoms with E-state index in [1.807, 2.05) is 19.1 Å². The Morgan fingerprint density at radius 2 is 2.31 bits per heavy atom. The van der Waals surface area contributed by atoms with E-state index < -0.39 is 0 Å². The first-order valence-corrected chi connectivity index (χ1v) is 4.44. The molecule has 3 nitrogen and oxygen atoms in total. The van der Waals surface area contributed by atoms with Gasteiger partial charge in [-0.3, -0.25) is 0 Å². The second-order valence-corrected chi connectivity index (χ2v) is 3.36. The quantitative estimate of drug-likeness (QED) is 0.742. The van der Waals surface area contributed by atoms with Gasteiger partial charge in [-0.25, -0.2) is 4.98 Å². The van der Waals surface area contributed by atoms with Crippen LogP contribution in [0.1, 0.15) is 24.1 Å². The number of pyridine rings is 1. The van der Waals surface area contributed by atoms with E-state index in [-0.39, 0.29) is 0 Å². The molecule has 0 atom stereocenters. The highest BCUT2D eigenvalue weighted by molar-refractivity contribution is 5.44. The van der Waals surface area contributed by atoms with E-state index in [1.165, 1.54) is 12.8 Å². The van der Waals surface area contributed by atoms with Crippen LogP contribution in [0.3, 0.4) is 0 Å². The molecule has 13 heavy (non-hydrogen) atoms. The smallest absolute Gasteiger partial charge is 0.126 e. The molecule has 0 aromatic carbocycles. The molecule has 0 radical (unpaired) electrons. The third-order valence-electron chi connectivity index (χ3n) is 2.14. The van der Waals surface area contributed by atoms with Gasteiger partial charge in [-0.05, 0) is 31.9 Å². The highest BCUT2D eigenvalue weighted by atomic mass is 15.0. The lowest BCUT2D eigenvalue weighted by molar-refractivity contribution is 1.08. The zero-order chi connectivity index (χ0) is 9.26. The molecule has 0 unspecified atom stereocenters. The first-order valence-electron chi connectivity index (χ1n) is 4.44. The van der Waals surface area contributed by atoms with Crippen LogP contribution in [-0.2, 0) is 0 Å². The number of hydrogen-bond acceptors (Lipinski definition) is 3. The predicted molar refractivity (Wildman–Crippen MR) is 50.3 cm³/mol. The predicted octanol–water partition coefficient (Wildman–Crippen LogP) is 1.84. The molecule has 0 bridgehead atoms. The largest absolute Gasteiger partial charge is 0.367 e. The lowest BCUT2D eigenvalue weighted by Gasteiger charge is -2.04. The molecule has 1 aliphatic carbocycles. The van der Waals surface area contributed by atoms with Crippen molar-refractivity contribution in [3.63, 3.8) is 0 Å². The summed E-state index contributed by atoms with van der Waals surface area (Å²) in [5.41, 5.74) is 1.45. The number of hydrogen-bond donors (Lipinski definition) is 1. The molecule has 1 aliphatic rings. The van der Waals surface area contributed by atoms with Gasteiger partial charge in [0.05, 0.1) is 11.3 Å². The van der Waals surface area contributed by atoms with Crippen molar-refractivity contribution in [2.24, 2.45) is 0 Å². The average Bonchev–Trinajstić information content (AvgIpc) is 2.89. The maximum atomic E-state index is 8.69. The molecule has 66 valence electrons. The fourth-order valence-corrected chi connectivity index (χ4v) is 1.20. The lowest BCUT2D eigenvalue weighted by atomic mass is 10.2. The maximum absolute atomic E-state index is 8.69. The summed E-state index contributed by atoms with van der Waals surface area (Å²) in [5.74, 6) is 0.888. The van der Waals surface area contributed by atoms with Crippen LogP contribution < -0.4 is 5.32 Å². The Morgan fingerprint density at radius 3 is 2.85 bits per heavy atom. The van der Waals surface area contributed by atoms with Crippen LogP contribution in [0.4, 0.5) is 5.82 Å². The van der Waals surface area contributed by atoms with Gasteiger partial charge in [0, 0.05) is 6.04 Å². The Morgan fingerprint density at radius 1 is 1.54 bits per heavy atom. The minimum absolute atomic E-state index is 0.611. The number of nitrogens with zero attached hydrogens (tertiary/aromatic N) is 2. The van der Waals surface area contributed by atoms with Gasteiger partial charge in [-0.15, -0.1) is 0 Å². The standard InChI is InChI=1S/C10H11N3/c1-7-8(6-11)2-5-10(12-7)13-9-3-4-9/h2,5,9H,3-4H2,1H3,(H,12,13). The molecule has 0 spiro atoms. The first-order chi connectivity index (χ1) is 6.29. The van der Waals surface area contributed by atoms with Gasteiger partial charge in [0.2, 0.25) is 0 Å². The number of nitriles is 1. The summed E-state index contributed by atoms with van der Waals surface area (Å²) in [5, 5.41) is 12.0. The van der Waals surface area contributed by atoms with Gasteiger partial charge in [0.25, 0.3) is 0 Å². The number of aromatic nitrogens is 1. The summed E-state index contributed by atoms with van der Waals surface area (Å²) >= 11 is 0. The number of aryl methyl sites for hydroxylation is 1. The Bertz CT molecular complexity index is 361. The Balaban J connectivity index is 2.19. The summed E-state index contributed by atoms with van der Waals surface area (Å²) in [6.07, 6.45) is 2.47. The first kappa shape index (κ1) is 8.06. The molecular weight excluding hydrogens is 162 g/mol. The number of nitrogens with one attached hydrogen (secondary N) is 1. The van der Waals surface area contributed by atoms with Crippen molar-refractivity contribution in [1.29, 1.82) is 5.26 Å². The molecule has 0 saturated heterocycles. The van der Waals surface area contributed by atoms with Gasteiger partial charge in [-0.2, -0.15) is 5.26 Å². The summed E-state index contributed by atoms with van der Waals surface area (Å²) in [6, 6.07) is 6.39. The third-order valence-corrected chi connectivity index (χ3v) is 2.14. The summed E-state index contributed by atoms with van der Waals surface area (Å²) in [6.45, 7) is 1.86. The Hall–Kier alpha value is -1.56. The van der Waals surface area contributed by atoms with Crippen LogP contribution in [0.5, 0.6) is 0 Å². The van der Waals surface area contributed by atoms with E-state index in [4.69, 9.17) is 5.26 Å². The van der Waals surface area contributed by atoms with E-state index in [0.29, 0.717) is 11.6 Å². The van der Waals surface area contributed by atoms with E-state index >= 15 is 0 Å². The summed E-state index contributed by atoms with van der Waals surface area (Å²) in [7, 11) is 0. The maximum Gasteiger partial charge on any atom is 0.126 e. The van der Waals surface area contributed by atoms with Gasteiger partial charge in [0.1, 0.15) is 11.9 Å². The highest BCUT2D eigenvalue weighted by Crippen LogP contribution is 2.23. The zero-order valence-electron chi connectivity index (χ0n) is 7.54. The lowest BCUT2D eigenvalue weighted by Crippen LogP contribution is -2.03. The SMILES string of the molecule is Cc1nc(NC2CC2)ccc1C#N. The van der Waals surface area contributed by atoms with Crippen molar-refractivity contribution < 1.29 is 0 Å². The molecule has 0 amide bonds. The fraction of sp³-hybridized carbons (Fsp3) is 0.400. The normalized spacial score (nSPS) is 15.1. The van der Waals surface area contributed by atoms with E-state index in [1.54, 1.807) is 0 Å². The molecule has 1 aromatic rings. The van der Waals surface area contributed by atoms with Gasteiger partial charge in [-0.1, -0.05) is 0 Å². The summed E-state index contributed by atoms with van der Waals surface area (Å²) < 4.78 is 0. The second kappa shape index (κ2) is 3.06. The van der Waals surface area contributed by atoms with Crippen LogP contribution in [-0.4, -0.2) is 11.0 Å². The van der Waals surface area contributed by atoms with Crippen molar-refractivity contribution in [2.75, 3.05) is 5.32 Å². The highest BCUT2D eigenvalue weighted by Gasteiger charge is 2.21. The number of rotatable bonds is 2. The van der Waals surface area contributed by atoms with E-state index in [9.17, 15) is 0 Å². The third kappa shape index (κ3) is 1.78. The van der Waals surface area contributed by atoms with Crippen LogP contribution >= 0.6 is 0 Å². The zero-order valence-corrected chi connectivity index (χ0v) is 7.54. The van der Waals surface area contributed by atoms with Crippen LogP contribution in [0, 0.1) is 18.3 Å². The Labute approximate surface area is 77.4 Å². The van der Waals surface area contributed by atoms with Crippen molar-refractivity contribution in [1.82, 2.24) is 4.98 Å². The van der Waals surface area contributed by atoms with Gasteiger partial charge >= 0.3 is 0 Å². The van der Waals surface area contributed by atoms with E-state index in [0.717, 1.165) is 11.5 Å². The molecule has 1 saturated carbocycles. The van der Waals surface area contributed by atoms with Crippen LogP contribution in [0.15, 0.2) is 12.1 Å².